The first-order valence-corrected chi connectivity index (χ1v) is 9.02. The smallest absolute Gasteiger partial charge is 0.225 e. The second-order valence-corrected chi connectivity index (χ2v) is 6.75. The molecule has 144 valence electrons. The van der Waals surface area contributed by atoms with Gasteiger partial charge in [-0.25, -0.2) is 4.39 Å². The summed E-state index contributed by atoms with van der Waals surface area (Å²) < 4.78 is 13.6. The Hall–Kier alpha value is -1.45. The lowest BCUT2D eigenvalue weighted by Crippen LogP contribution is -2.45. The first-order valence-electron chi connectivity index (χ1n) is 9.02. The molecule has 1 aliphatic heterocycles. The minimum absolute atomic E-state index is 0. The number of guanidine groups is 1. The highest BCUT2D eigenvalue weighted by Crippen LogP contribution is 2.27. The second-order valence-electron chi connectivity index (χ2n) is 6.75. The molecule has 0 bridgehead atoms. The van der Waals surface area contributed by atoms with Gasteiger partial charge in [0.1, 0.15) is 5.82 Å². The number of carbonyl (C=O) groups excluding carboxylic acids is 1. The van der Waals surface area contributed by atoms with E-state index in [0.717, 1.165) is 25.8 Å². The number of hydrogen-bond acceptors (Lipinski definition) is 3. The van der Waals surface area contributed by atoms with Crippen molar-refractivity contribution in [2.75, 3.05) is 20.1 Å². The summed E-state index contributed by atoms with van der Waals surface area (Å²) in [7, 11) is 1.68. The molecule has 3 rings (SSSR count). The molecule has 1 saturated heterocycles. The molecule has 26 heavy (non-hydrogen) atoms. The van der Waals surface area contributed by atoms with Crippen LogP contribution in [-0.4, -0.2) is 47.9 Å². The van der Waals surface area contributed by atoms with Crippen LogP contribution in [0.15, 0.2) is 23.3 Å². The Morgan fingerprint density at radius 3 is 2.85 bits per heavy atom. The van der Waals surface area contributed by atoms with Crippen LogP contribution in [0.5, 0.6) is 0 Å². The summed E-state index contributed by atoms with van der Waals surface area (Å²) in [5.74, 6) is 0.800. The van der Waals surface area contributed by atoms with Crippen molar-refractivity contribution in [2.45, 2.75) is 44.7 Å². The molecular formula is C18H27FIN5O. The molecule has 6 nitrogen and oxygen atoms in total. The average Bonchev–Trinajstić information content (AvgIpc) is 3.31. The van der Waals surface area contributed by atoms with E-state index in [-0.39, 0.29) is 48.3 Å². The lowest BCUT2D eigenvalue weighted by atomic mass is 10.1. The molecule has 1 aromatic heterocycles. The molecule has 0 radical (unpaired) electrons. The minimum atomic E-state index is -0.334. The van der Waals surface area contributed by atoms with E-state index in [4.69, 9.17) is 0 Å². The molecule has 0 aromatic carbocycles. The summed E-state index contributed by atoms with van der Waals surface area (Å²) >= 11 is 0. The van der Waals surface area contributed by atoms with Crippen molar-refractivity contribution < 1.29 is 9.18 Å². The maximum Gasteiger partial charge on any atom is 0.225 e. The number of nitrogens with zero attached hydrogens (tertiary/aromatic N) is 3. The highest BCUT2D eigenvalue weighted by Gasteiger charge is 2.32. The van der Waals surface area contributed by atoms with Crippen molar-refractivity contribution in [3.8, 4) is 0 Å². The summed E-state index contributed by atoms with van der Waals surface area (Å²) in [5.41, 5.74) is 0.356. The first kappa shape index (κ1) is 20.9. The van der Waals surface area contributed by atoms with E-state index in [0.29, 0.717) is 24.1 Å². The molecule has 1 atom stereocenters. The second kappa shape index (κ2) is 10.0. The predicted molar refractivity (Wildman–Crippen MR) is 110 cm³/mol. The topological polar surface area (TPSA) is 69.6 Å². The normalized spacial score (nSPS) is 20.8. The molecule has 2 aliphatic rings. The van der Waals surface area contributed by atoms with Crippen LogP contribution in [0.25, 0.3) is 0 Å². The van der Waals surface area contributed by atoms with E-state index < -0.39 is 0 Å². The monoisotopic (exact) mass is 475 g/mol. The first-order chi connectivity index (χ1) is 12.2. The molecule has 1 saturated carbocycles. The fourth-order valence-corrected chi connectivity index (χ4v) is 3.61. The van der Waals surface area contributed by atoms with Crippen molar-refractivity contribution in [2.24, 2.45) is 10.9 Å². The van der Waals surface area contributed by atoms with Crippen molar-refractivity contribution >= 4 is 35.8 Å². The van der Waals surface area contributed by atoms with Gasteiger partial charge in [-0.2, -0.15) is 0 Å². The van der Waals surface area contributed by atoms with E-state index in [1.165, 1.54) is 18.9 Å². The van der Waals surface area contributed by atoms with Gasteiger partial charge in [0.2, 0.25) is 5.91 Å². The highest BCUT2D eigenvalue weighted by atomic mass is 127. The van der Waals surface area contributed by atoms with Gasteiger partial charge in [0, 0.05) is 38.3 Å². The lowest BCUT2D eigenvalue weighted by Gasteiger charge is -2.21. The zero-order valence-electron chi connectivity index (χ0n) is 15.1. The van der Waals surface area contributed by atoms with Crippen LogP contribution >= 0.6 is 24.0 Å². The van der Waals surface area contributed by atoms with Crippen molar-refractivity contribution in [1.82, 2.24) is 20.5 Å². The number of likely N-dealkylation sites (tertiary alicyclic amines) is 1. The number of aromatic nitrogens is 1. The number of nitrogens with one attached hydrogen (secondary N) is 2. The van der Waals surface area contributed by atoms with Crippen molar-refractivity contribution in [3.63, 3.8) is 0 Å². The van der Waals surface area contributed by atoms with Gasteiger partial charge in [0.25, 0.3) is 0 Å². The van der Waals surface area contributed by atoms with Gasteiger partial charge < -0.3 is 15.5 Å². The summed E-state index contributed by atoms with van der Waals surface area (Å²) in [5, 5.41) is 6.41. The van der Waals surface area contributed by atoms with Gasteiger partial charge in [0.15, 0.2) is 5.96 Å². The van der Waals surface area contributed by atoms with Crippen LogP contribution in [0, 0.1) is 11.7 Å². The number of amides is 1. The number of hydrogen-bond donors (Lipinski definition) is 2. The third-order valence-corrected chi connectivity index (χ3v) is 5.03. The third kappa shape index (κ3) is 5.28. The number of halogens is 2. The zero-order chi connectivity index (χ0) is 17.6. The van der Waals surface area contributed by atoms with Crippen LogP contribution in [0.3, 0.4) is 0 Å². The molecule has 1 amide bonds. The molecule has 1 aromatic rings. The Balaban J connectivity index is 0.00000243. The van der Waals surface area contributed by atoms with Crippen LogP contribution in [-0.2, 0) is 11.3 Å². The largest absolute Gasteiger partial charge is 0.352 e. The molecule has 1 unspecified atom stereocenters. The summed E-state index contributed by atoms with van der Waals surface area (Å²) in [6.45, 7) is 1.76. The Kier molecular flexibility index (Phi) is 8.05. The van der Waals surface area contributed by atoms with E-state index in [1.807, 2.05) is 4.90 Å². The molecular weight excluding hydrogens is 448 g/mol. The SMILES string of the molecule is CN=C(NCc1ncccc1F)NC1CCN(C(=O)C2CCCC2)C1.I. The fraction of sp³-hybridized carbons (Fsp3) is 0.611. The summed E-state index contributed by atoms with van der Waals surface area (Å²) in [4.78, 5) is 22.7. The molecule has 8 heteroatoms. The Labute approximate surface area is 171 Å². The summed E-state index contributed by atoms with van der Waals surface area (Å²) in [6, 6.07) is 3.13. The van der Waals surface area contributed by atoms with E-state index >= 15 is 0 Å². The Bertz CT molecular complexity index is 636. The minimum Gasteiger partial charge on any atom is -0.352 e. The molecule has 0 spiro atoms. The highest BCUT2D eigenvalue weighted by molar-refractivity contribution is 14.0. The zero-order valence-corrected chi connectivity index (χ0v) is 17.4. The number of rotatable bonds is 4. The number of aliphatic imine (C=N–C) groups is 1. The molecule has 2 fully saturated rings. The Morgan fingerprint density at radius 2 is 2.15 bits per heavy atom. The Morgan fingerprint density at radius 1 is 1.38 bits per heavy atom. The molecule has 2 N–H and O–H groups in total. The van der Waals surface area contributed by atoms with Gasteiger partial charge in [-0.15, -0.1) is 24.0 Å². The maximum atomic E-state index is 13.6. The summed E-state index contributed by atoms with van der Waals surface area (Å²) in [6.07, 6.45) is 6.88. The van der Waals surface area contributed by atoms with E-state index in [9.17, 15) is 9.18 Å². The third-order valence-electron chi connectivity index (χ3n) is 5.03. The van der Waals surface area contributed by atoms with Gasteiger partial charge >= 0.3 is 0 Å². The van der Waals surface area contributed by atoms with Crippen LogP contribution in [0.4, 0.5) is 4.39 Å². The standard InChI is InChI=1S/C18H26FN5O.HI/c1-20-18(22-11-16-15(19)7-4-9-21-16)23-14-8-10-24(12-14)17(25)13-5-2-3-6-13;/h4,7,9,13-14H,2-3,5-6,8,10-12H2,1H3,(H2,20,22,23);1H. The average molecular weight is 475 g/mol. The lowest BCUT2D eigenvalue weighted by molar-refractivity contribution is -0.134. The predicted octanol–water partition coefficient (Wildman–Crippen LogP) is 2.29. The van der Waals surface area contributed by atoms with Crippen LogP contribution in [0.1, 0.15) is 37.8 Å². The maximum absolute atomic E-state index is 13.6. The van der Waals surface area contributed by atoms with E-state index in [1.54, 1.807) is 19.3 Å². The van der Waals surface area contributed by atoms with Crippen LogP contribution in [0.2, 0.25) is 0 Å². The fourth-order valence-electron chi connectivity index (χ4n) is 3.61. The van der Waals surface area contributed by atoms with Gasteiger partial charge in [-0.05, 0) is 31.4 Å². The number of pyridine rings is 1. The van der Waals surface area contributed by atoms with Crippen molar-refractivity contribution in [3.05, 3.63) is 29.8 Å². The quantitative estimate of drug-likeness (QED) is 0.399. The molecule has 2 heterocycles. The van der Waals surface area contributed by atoms with Gasteiger partial charge in [0.05, 0.1) is 12.2 Å². The molecule has 1 aliphatic carbocycles. The number of carbonyl (C=O) groups is 1. The van der Waals surface area contributed by atoms with Gasteiger partial charge in [-0.1, -0.05) is 12.8 Å². The van der Waals surface area contributed by atoms with E-state index in [2.05, 4.69) is 20.6 Å². The van der Waals surface area contributed by atoms with Gasteiger partial charge in [-0.3, -0.25) is 14.8 Å². The van der Waals surface area contributed by atoms with Crippen molar-refractivity contribution in [1.29, 1.82) is 0 Å². The van der Waals surface area contributed by atoms with Crippen LogP contribution < -0.4 is 10.6 Å².